The SMILES string of the molecule is CCCC1CNC(C)(CC)CN1Cc1cccc(Cl)c1. The van der Waals surface area contributed by atoms with Gasteiger partial charge in [0.1, 0.15) is 0 Å². The summed E-state index contributed by atoms with van der Waals surface area (Å²) in [4.78, 5) is 2.63. The van der Waals surface area contributed by atoms with Crippen LogP contribution in [0.2, 0.25) is 5.02 Å². The van der Waals surface area contributed by atoms with Crippen LogP contribution in [-0.4, -0.2) is 29.6 Å². The first kappa shape index (κ1) is 15.8. The van der Waals surface area contributed by atoms with Gasteiger partial charge in [0.05, 0.1) is 0 Å². The van der Waals surface area contributed by atoms with Crippen molar-refractivity contribution in [2.24, 2.45) is 0 Å². The number of piperazine rings is 1. The van der Waals surface area contributed by atoms with E-state index in [1.807, 2.05) is 12.1 Å². The third-order valence-corrected chi connectivity index (χ3v) is 4.74. The number of nitrogens with zero attached hydrogens (tertiary/aromatic N) is 1. The fourth-order valence-corrected chi connectivity index (χ4v) is 3.25. The van der Waals surface area contributed by atoms with Crippen molar-refractivity contribution in [3.05, 3.63) is 34.9 Å². The highest BCUT2D eigenvalue weighted by Gasteiger charge is 2.33. The lowest BCUT2D eigenvalue weighted by Crippen LogP contribution is -2.62. The highest BCUT2D eigenvalue weighted by molar-refractivity contribution is 6.30. The minimum atomic E-state index is 0.239. The molecule has 1 aromatic rings. The molecule has 0 radical (unpaired) electrons. The van der Waals surface area contributed by atoms with Crippen molar-refractivity contribution in [3.8, 4) is 0 Å². The number of halogens is 1. The molecule has 112 valence electrons. The van der Waals surface area contributed by atoms with Crippen LogP contribution in [0.3, 0.4) is 0 Å². The zero-order valence-corrected chi connectivity index (χ0v) is 13.7. The van der Waals surface area contributed by atoms with Gasteiger partial charge in [0.15, 0.2) is 0 Å². The topological polar surface area (TPSA) is 15.3 Å². The minimum Gasteiger partial charge on any atom is -0.309 e. The van der Waals surface area contributed by atoms with Crippen LogP contribution >= 0.6 is 11.6 Å². The first-order valence-corrected chi connectivity index (χ1v) is 8.17. The lowest BCUT2D eigenvalue weighted by atomic mass is 9.92. The van der Waals surface area contributed by atoms with E-state index in [0.29, 0.717) is 6.04 Å². The Morgan fingerprint density at radius 3 is 2.85 bits per heavy atom. The van der Waals surface area contributed by atoms with Crippen LogP contribution in [0.1, 0.15) is 45.6 Å². The van der Waals surface area contributed by atoms with Gasteiger partial charge in [0.2, 0.25) is 0 Å². The highest BCUT2D eigenvalue weighted by atomic mass is 35.5. The molecule has 0 saturated carbocycles. The molecule has 20 heavy (non-hydrogen) atoms. The average molecular weight is 295 g/mol. The highest BCUT2D eigenvalue weighted by Crippen LogP contribution is 2.24. The number of nitrogens with one attached hydrogen (secondary N) is 1. The third kappa shape index (κ3) is 3.97. The first-order valence-electron chi connectivity index (χ1n) is 7.80. The molecule has 1 aliphatic heterocycles. The summed E-state index contributed by atoms with van der Waals surface area (Å²) in [5.41, 5.74) is 1.56. The number of hydrogen-bond acceptors (Lipinski definition) is 2. The van der Waals surface area contributed by atoms with E-state index >= 15 is 0 Å². The van der Waals surface area contributed by atoms with Crippen LogP contribution < -0.4 is 5.32 Å². The summed E-state index contributed by atoms with van der Waals surface area (Å²) in [6, 6.07) is 8.91. The molecule has 1 aliphatic rings. The summed E-state index contributed by atoms with van der Waals surface area (Å²) in [5, 5.41) is 4.58. The largest absolute Gasteiger partial charge is 0.309 e. The Bertz CT molecular complexity index is 435. The van der Waals surface area contributed by atoms with E-state index in [2.05, 4.69) is 43.1 Å². The Hall–Kier alpha value is -0.570. The van der Waals surface area contributed by atoms with Crippen molar-refractivity contribution < 1.29 is 0 Å². The van der Waals surface area contributed by atoms with E-state index < -0.39 is 0 Å². The van der Waals surface area contributed by atoms with Gasteiger partial charge in [-0.05, 0) is 37.5 Å². The Labute approximate surface area is 128 Å². The molecular weight excluding hydrogens is 268 g/mol. The fraction of sp³-hybridized carbons (Fsp3) is 0.647. The molecule has 2 rings (SSSR count). The summed E-state index contributed by atoms with van der Waals surface area (Å²) < 4.78 is 0. The zero-order chi connectivity index (χ0) is 14.6. The Kier molecular flexibility index (Phi) is 5.48. The number of hydrogen-bond donors (Lipinski definition) is 1. The number of rotatable bonds is 5. The molecule has 2 unspecified atom stereocenters. The Morgan fingerprint density at radius 1 is 1.40 bits per heavy atom. The molecule has 0 spiro atoms. The van der Waals surface area contributed by atoms with E-state index in [0.717, 1.165) is 31.1 Å². The van der Waals surface area contributed by atoms with Crippen LogP contribution in [-0.2, 0) is 6.54 Å². The predicted octanol–water partition coefficient (Wildman–Crippen LogP) is 4.08. The molecule has 1 fully saturated rings. The normalized spacial score (nSPS) is 27.7. The molecule has 2 atom stereocenters. The van der Waals surface area contributed by atoms with E-state index in [9.17, 15) is 0 Å². The summed E-state index contributed by atoms with van der Waals surface area (Å²) in [5.74, 6) is 0. The molecule has 0 amide bonds. The van der Waals surface area contributed by atoms with Crippen molar-refractivity contribution in [2.45, 2.75) is 58.2 Å². The molecule has 1 N–H and O–H groups in total. The smallest absolute Gasteiger partial charge is 0.0409 e. The van der Waals surface area contributed by atoms with Gasteiger partial charge in [-0.15, -0.1) is 0 Å². The van der Waals surface area contributed by atoms with Gasteiger partial charge < -0.3 is 5.32 Å². The number of benzene rings is 1. The van der Waals surface area contributed by atoms with Gasteiger partial charge in [0, 0.05) is 36.2 Å². The first-order chi connectivity index (χ1) is 9.56. The summed E-state index contributed by atoms with van der Waals surface area (Å²) in [6.45, 7) is 10.1. The van der Waals surface area contributed by atoms with Gasteiger partial charge in [-0.2, -0.15) is 0 Å². The Balaban J connectivity index is 2.10. The van der Waals surface area contributed by atoms with Gasteiger partial charge in [-0.3, -0.25) is 4.90 Å². The maximum absolute atomic E-state index is 6.11. The quantitative estimate of drug-likeness (QED) is 0.880. The lowest BCUT2D eigenvalue weighted by molar-refractivity contribution is 0.0726. The monoisotopic (exact) mass is 294 g/mol. The second-order valence-electron chi connectivity index (χ2n) is 6.27. The molecule has 1 aromatic carbocycles. The molecule has 0 aliphatic carbocycles. The van der Waals surface area contributed by atoms with Crippen molar-refractivity contribution >= 4 is 11.6 Å². The summed E-state index contributed by atoms with van der Waals surface area (Å²) >= 11 is 6.11. The van der Waals surface area contributed by atoms with E-state index in [1.165, 1.54) is 18.4 Å². The predicted molar refractivity (Wildman–Crippen MR) is 87.3 cm³/mol. The van der Waals surface area contributed by atoms with E-state index in [-0.39, 0.29) is 5.54 Å². The second-order valence-corrected chi connectivity index (χ2v) is 6.71. The summed E-state index contributed by atoms with van der Waals surface area (Å²) in [7, 11) is 0. The third-order valence-electron chi connectivity index (χ3n) is 4.51. The van der Waals surface area contributed by atoms with E-state index in [1.54, 1.807) is 0 Å². The van der Waals surface area contributed by atoms with Crippen molar-refractivity contribution in [3.63, 3.8) is 0 Å². The minimum absolute atomic E-state index is 0.239. The zero-order valence-electron chi connectivity index (χ0n) is 13.0. The standard InChI is InChI=1S/C17H27ClN2/c1-4-7-16-11-19-17(3,5-2)13-20(16)12-14-8-6-9-15(18)10-14/h6,8-10,16,19H,4-5,7,11-13H2,1-3H3. The van der Waals surface area contributed by atoms with Gasteiger partial charge >= 0.3 is 0 Å². The maximum Gasteiger partial charge on any atom is 0.0409 e. The molecule has 2 nitrogen and oxygen atoms in total. The van der Waals surface area contributed by atoms with Crippen LogP contribution in [0.4, 0.5) is 0 Å². The summed E-state index contributed by atoms with van der Waals surface area (Å²) in [6.07, 6.45) is 3.66. The van der Waals surface area contributed by atoms with Gasteiger partial charge in [0.25, 0.3) is 0 Å². The molecule has 1 saturated heterocycles. The lowest BCUT2D eigenvalue weighted by Gasteiger charge is -2.46. The molecule has 3 heteroatoms. The molecule has 1 heterocycles. The van der Waals surface area contributed by atoms with Gasteiger partial charge in [-0.1, -0.05) is 44.0 Å². The average Bonchev–Trinajstić information content (AvgIpc) is 2.42. The van der Waals surface area contributed by atoms with Crippen molar-refractivity contribution in [2.75, 3.05) is 13.1 Å². The van der Waals surface area contributed by atoms with Crippen LogP contribution in [0, 0.1) is 0 Å². The van der Waals surface area contributed by atoms with Crippen molar-refractivity contribution in [1.29, 1.82) is 0 Å². The maximum atomic E-state index is 6.11. The van der Waals surface area contributed by atoms with Gasteiger partial charge in [-0.25, -0.2) is 0 Å². The van der Waals surface area contributed by atoms with Crippen LogP contribution in [0.25, 0.3) is 0 Å². The molecule has 0 aromatic heterocycles. The Morgan fingerprint density at radius 2 is 2.20 bits per heavy atom. The van der Waals surface area contributed by atoms with E-state index in [4.69, 9.17) is 11.6 Å². The van der Waals surface area contributed by atoms with Crippen LogP contribution in [0.5, 0.6) is 0 Å². The van der Waals surface area contributed by atoms with Crippen molar-refractivity contribution in [1.82, 2.24) is 10.2 Å². The van der Waals surface area contributed by atoms with Crippen LogP contribution in [0.15, 0.2) is 24.3 Å². The molecule has 0 bridgehead atoms. The molecular formula is C17H27ClN2. The second kappa shape index (κ2) is 6.93. The fourth-order valence-electron chi connectivity index (χ4n) is 3.04.